The van der Waals surface area contributed by atoms with E-state index >= 15 is 0 Å². The molecule has 0 aromatic rings. The third-order valence-corrected chi connectivity index (χ3v) is 0. The average molecular weight is 424 g/mol. The minimum Gasteiger partial charge on any atom is -2.00 e. The van der Waals surface area contributed by atoms with E-state index in [1.54, 1.807) is 0 Å². The Balaban J connectivity index is -0.00000000800. The smallest absolute Gasteiger partial charge is 0.0383 e. The summed E-state index contributed by atoms with van der Waals surface area (Å²) in [7, 11) is 0. The van der Waals surface area contributed by atoms with Crippen LogP contribution in [0.25, 0.3) is 0 Å². The first-order chi connectivity index (χ1) is 3.46. The number of carboxylic acid groups (broad SMARTS) is 2. The van der Waals surface area contributed by atoms with Gasteiger partial charge in [-0.05, 0) is 13.8 Å². The Morgan fingerprint density at radius 1 is 0.846 bits per heavy atom. The zero-order chi connectivity index (χ0) is 7.15. The maximum Gasteiger partial charge on any atom is 0.0383 e. The number of hydrogen-bond acceptors (Lipinski definition) is 4. The van der Waals surface area contributed by atoms with Gasteiger partial charge in [0.2, 0.25) is 0 Å². The fourth-order valence-corrected chi connectivity index (χ4v) is 0. The topological polar surface area (TPSA) is 200 Å². The molecule has 4 N–H and O–H groups in total. The number of carboxylic acids is 2. The standard InChI is InChI=1S/2C2H4O2.2H2O.2O.U/c2*1-2(3)4;;;;;/h2*1H3,(H,3,4);2*1H2;;;/q;;;;2*-2;/p-2. The minimum atomic E-state index is -1.08. The maximum atomic E-state index is 8.89. The van der Waals surface area contributed by atoms with Crippen molar-refractivity contribution in [1.29, 1.82) is 0 Å². The zero-order valence-electron chi connectivity index (χ0n) is 6.95. The van der Waals surface area contributed by atoms with Crippen LogP contribution < -0.4 is 10.2 Å². The largest absolute Gasteiger partial charge is 2.00 e. The summed E-state index contributed by atoms with van der Waals surface area (Å²) in [5.41, 5.74) is 0. The van der Waals surface area contributed by atoms with Gasteiger partial charge in [0.25, 0.3) is 0 Å². The van der Waals surface area contributed by atoms with Gasteiger partial charge >= 0.3 is 0 Å². The van der Waals surface area contributed by atoms with E-state index in [2.05, 4.69) is 0 Å². The first kappa shape index (κ1) is 52.8. The van der Waals surface area contributed by atoms with E-state index in [1.165, 1.54) is 0 Å². The summed E-state index contributed by atoms with van der Waals surface area (Å²) in [4.78, 5) is 17.8. The number of hydrogen-bond donors (Lipinski definition) is 0. The molecule has 0 aliphatic heterocycles. The molecule has 0 rings (SSSR count). The van der Waals surface area contributed by atoms with E-state index in [0.717, 1.165) is 13.8 Å². The van der Waals surface area contributed by atoms with Gasteiger partial charge in [0.1, 0.15) is 0 Å². The van der Waals surface area contributed by atoms with Crippen LogP contribution in [0.3, 0.4) is 0 Å². The molecule has 0 heterocycles. The molecule has 0 saturated carbocycles. The van der Waals surface area contributed by atoms with Gasteiger partial charge in [-0.1, -0.05) is 0 Å². The molecule has 0 aliphatic rings. The molecule has 13 heavy (non-hydrogen) atoms. The monoisotopic (exact) mass is 424 g/mol. The molecule has 84 valence electrons. The van der Waals surface area contributed by atoms with Crippen LogP contribution in [0.1, 0.15) is 13.8 Å². The molecule has 0 fully saturated rings. The van der Waals surface area contributed by atoms with Gasteiger partial charge in [-0.25, -0.2) is 0 Å². The van der Waals surface area contributed by atoms with Crippen molar-refractivity contribution in [3.63, 3.8) is 0 Å². The van der Waals surface area contributed by atoms with Crippen LogP contribution >= 0.6 is 0 Å². The van der Waals surface area contributed by atoms with E-state index in [4.69, 9.17) is 19.8 Å². The molecule has 0 atom stereocenters. The van der Waals surface area contributed by atoms with E-state index < -0.39 is 11.9 Å². The van der Waals surface area contributed by atoms with E-state index in [-0.39, 0.29) is 53.0 Å². The molecule has 0 amide bonds. The molecule has 0 aromatic heterocycles. The Morgan fingerprint density at radius 3 is 0.846 bits per heavy atom. The SMILES string of the molecule is CC(=O)[O-].CC(=O)[O-].O.O.[O-2].[O-2].[U]. The average Bonchev–Trinajstić information content (AvgIpc) is 1.25. The molecule has 0 aliphatic carbocycles. The molecule has 0 unspecified atom stereocenters. The number of aliphatic carboxylic acids is 2. The van der Waals surface area contributed by atoms with E-state index in [9.17, 15) is 0 Å². The summed E-state index contributed by atoms with van der Waals surface area (Å²) in [6.45, 7) is 1.94. The maximum absolute atomic E-state index is 8.89. The third kappa shape index (κ3) is 40500. The van der Waals surface area contributed by atoms with Gasteiger partial charge in [-0.3, -0.25) is 0 Å². The molecule has 8 nitrogen and oxygen atoms in total. The van der Waals surface area contributed by atoms with Crippen molar-refractivity contribution in [3.8, 4) is 0 Å². The molecule has 9 heteroatoms. The summed E-state index contributed by atoms with van der Waals surface area (Å²) >= 11 is 0. The van der Waals surface area contributed by atoms with Crippen molar-refractivity contribution in [2.24, 2.45) is 0 Å². The van der Waals surface area contributed by atoms with Gasteiger partial charge in [0.05, 0.1) is 0 Å². The van der Waals surface area contributed by atoms with Crippen molar-refractivity contribution < 1.29 is 72.8 Å². The molecule has 0 saturated heterocycles. The van der Waals surface area contributed by atoms with Crippen molar-refractivity contribution in [1.82, 2.24) is 0 Å². The Kier molecular flexibility index (Phi) is 166. The normalized spacial score (nSPS) is 3.85. The van der Waals surface area contributed by atoms with Gasteiger partial charge < -0.3 is 41.7 Å². The number of carbonyl (C=O) groups excluding carboxylic acids is 2. The zero-order valence-corrected chi connectivity index (χ0v) is 11.1. The van der Waals surface area contributed by atoms with Crippen LogP contribution in [-0.2, 0) is 20.5 Å². The quantitative estimate of drug-likeness (QED) is 0.378. The minimum absolute atomic E-state index is 0. The van der Waals surface area contributed by atoms with Crippen LogP contribution in [0.5, 0.6) is 0 Å². The first-order valence-corrected chi connectivity index (χ1v) is 1.82. The third-order valence-electron chi connectivity index (χ3n) is 0. The molecular weight excluding hydrogens is 414 g/mol. The van der Waals surface area contributed by atoms with Crippen LogP contribution in [0.4, 0.5) is 0 Å². The molecule has 0 bridgehead atoms. The summed E-state index contributed by atoms with van der Waals surface area (Å²) in [5.74, 6) is -2.17. The molecule has 0 spiro atoms. The van der Waals surface area contributed by atoms with Gasteiger partial charge in [0.15, 0.2) is 0 Å². The first-order valence-electron chi connectivity index (χ1n) is 1.82. The van der Waals surface area contributed by atoms with Crippen molar-refractivity contribution >= 4 is 11.9 Å². The molecule has 0 radical (unpaired) electrons. The van der Waals surface area contributed by atoms with Crippen LogP contribution in [-0.4, -0.2) is 22.9 Å². The summed E-state index contributed by atoms with van der Waals surface area (Å²) in [6.07, 6.45) is 0. The summed E-state index contributed by atoms with van der Waals surface area (Å²) < 4.78 is 0. The Labute approximate surface area is 98.6 Å². The van der Waals surface area contributed by atoms with Crippen LogP contribution in [0, 0.1) is 31.1 Å². The fourth-order valence-electron chi connectivity index (χ4n) is 0. The summed E-state index contributed by atoms with van der Waals surface area (Å²) in [5, 5.41) is 17.8. The van der Waals surface area contributed by atoms with Crippen molar-refractivity contribution in [3.05, 3.63) is 0 Å². The second-order valence-corrected chi connectivity index (χ2v) is 0.983. The predicted molar refractivity (Wildman–Crippen MR) is 30.0 cm³/mol. The van der Waals surface area contributed by atoms with E-state index in [0.29, 0.717) is 0 Å². The van der Waals surface area contributed by atoms with Gasteiger partial charge in [-0.15, -0.1) is 0 Å². The Bertz CT molecular complexity index is 74.1. The second kappa shape index (κ2) is 40.8. The summed E-state index contributed by atoms with van der Waals surface area (Å²) in [6, 6.07) is 0. The van der Waals surface area contributed by atoms with Crippen LogP contribution in [0.15, 0.2) is 0 Å². The fraction of sp³-hybridized carbons (Fsp3) is 0.500. The number of carbonyl (C=O) groups is 2. The van der Waals surface area contributed by atoms with Gasteiger partial charge in [0, 0.05) is 43.1 Å². The predicted octanol–water partition coefficient (Wildman–Crippen LogP) is -4.37. The van der Waals surface area contributed by atoms with Crippen LogP contribution in [0.2, 0.25) is 0 Å². The van der Waals surface area contributed by atoms with Crippen molar-refractivity contribution in [2.45, 2.75) is 13.8 Å². The van der Waals surface area contributed by atoms with Crippen molar-refractivity contribution in [2.75, 3.05) is 0 Å². The van der Waals surface area contributed by atoms with Gasteiger partial charge in [-0.2, -0.15) is 0 Å². The Hall–Kier alpha value is -0.168. The molecule has 0 aromatic carbocycles. The second-order valence-electron chi connectivity index (χ2n) is 0.983. The van der Waals surface area contributed by atoms with E-state index in [1.807, 2.05) is 0 Å². The Morgan fingerprint density at radius 2 is 0.846 bits per heavy atom. The number of rotatable bonds is 0. The molecular formula is C4H10O8U-6.